The van der Waals surface area contributed by atoms with E-state index < -0.39 is 0 Å². The summed E-state index contributed by atoms with van der Waals surface area (Å²) < 4.78 is 1.44. The van der Waals surface area contributed by atoms with Gasteiger partial charge in [0.05, 0.1) is 17.3 Å². The van der Waals surface area contributed by atoms with E-state index >= 15 is 0 Å². The molecule has 5 heteroatoms. The zero-order valence-corrected chi connectivity index (χ0v) is 9.33. The number of nitrogens with one attached hydrogen (secondary N) is 1. The molecule has 0 radical (unpaired) electrons. The van der Waals surface area contributed by atoms with Crippen molar-refractivity contribution in [2.24, 2.45) is 0 Å². The SMILES string of the molecule is O=Cc1cccn(-c2ccc3[nH]ncc3c2)c1=O. The van der Waals surface area contributed by atoms with Gasteiger partial charge < -0.3 is 0 Å². The van der Waals surface area contributed by atoms with Gasteiger partial charge in [-0.2, -0.15) is 5.10 Å². The lowest BCUT2D eigenvalue weighted by Gasteiger charge is -2.05. The number of aromatic amines is 1. The minimum Gasteiger partial charge on any atom is -0.298 e. The number of hydrogen-bond acceptors (Lipinski definition) is 3. The highest BCUT2D eigenvalue weighted by atomic mass is 16.1. The molecule has 2 aromatic heterocycles. The first kappa shape index (κ1) is 10.5. The molecule has 0 amide bonds. The summed E-state index contributed by atoms with van der Waals surface area (Å²) in [6.45, 7) is 0. The molecule has 5 nitrogen and oxygen atoms in total. The van der Waals surface area contributed by atoms with Gasteiger partial charge in [-0.3, -0.25) is 19.3 Å². The Bertz CT molecular complexity index is 786. The van der Waals surface area contributed by atoms with Crippen molar-refractivity contribution < 1.29 is 4.79 Å². The van der Waals surface area contributed by atoms with Crippen LogP contribution >= 0.6 is 0 Å². The van der Waals surface area contributed by atoms with Crippen LogP contribution in [0.4, 0.5) is 0 Å². The van der Waals surface area contributed by atoms with Crippen LogP contribution in [0.1, 0.15) is 10.4 Å². The maximum absolute atomic E-state index is 12.0. The van der Waals surface area contributed by atoms with E-state index in [4.69, 9.17) is 0 Å². The molecule has 0 saturated heterocycles. The second-order valence-corrected chi connectivity index (χ2v) is 3.90. The van der Waals surface area contributed by atoms with Crippen LogP contribution in [0.2, 0.25) is 0 Å². The number of H-pyrrole nitrogens is 1. The Morgan fingerprint density at radius 3 is 3.00 bits per heavy atom. The molecule has 18 heavy (non-hydrogen) atoms. The highest BCUT2D eigenvalue weighted by molar-refractivity contribution is 5.80. The minimum absolute atomic E-state index is 0.143. The highest BCUT2D eigenvalue weighted by Gasteiger charge is 2.05. The summed E-state index contributed by atoms with van der Waals surface area (Å²) in [6.07, 6.45) is 3.89. The fourth-order valence-electron chi connectivity index (χ4n) is 1.88. The van der Waals surface area contributed by atoms with Crippen LogP contribution in [0.3, 0.4) is 0 Å². The lowest BCUT2D eigenvalue weighted by molar-refractivity contribution is 0.112. The third kappa shape index (κ3) is 1.53. The number of aldehydes is 1. The smallest absolute Gasteiger partial charge is 0.265 e. The molecular formula is C13H9N3O2. The van der Waals surface area contributed by atoms with Gasteiger partial charge in [0.1, 0.15) is 0 Å². The average Bonchev–Trinajstić information content (AvgIpc) is 2.86. The standard InChI is InChI=1S/C13H9N3O2/c17-8-9-2-1-5-16(13(9)18)11-3-4-12-10(6-11)7-14-15-12/h1-8H,(H,14,15). The molecule has 0 atom stereocenters. The van der Waals surface area contributed by atoms with Gasteiger partial charge in [-0.15, -0.1) is 0 Å². The molecule has 0 fully saturated rings. The third-order valence-corrected chi connectivity index (χ3v) is 2.81. The molecule has 0 spiro atoms. The van der Waals surface area contributed by atoms with E-state index in [2.05, 4.69) is 10.2 Å². The molecule has 3 rings (SSSR count). The van der Waals surface area contributed by atoms with Crippen molar-refractivity contribution in [3.05, 3.63) is 58.6 Å². The van der Waals surface area contributed by atoms with Crippen LogP contribution in [0.25, 0.3) is 16.6 Å². The van der Waals surface area contributed by atoms with Gasteiger partial charge in [0.25, 0.3) is 5.56 Å². The lowest BCUT2D eigenvalue weighted by Crippen LogP contribution is -2.20. The van der Waals surface area contributed by atoms with Crippen LogP contribution in [-0.2, 0) is 0 Å². The largest absolute Gasteiger partial charge is 0.298 e. The number of pyridine rings is 1. The Balaban J connectivity index is 2.25. The molecule has 2 heterocycles. The first-order valence-corrected chi connectivity index (χ1v) is 5.40. The summed E-state index contributed by atoms with van der Waals surface area (Å²) in [4.78, 5) is 22.7. The molecule has 0 unspecified atom stereocenters. The Morgan fingerprint density at radius 1 is 1.28 bits per heavy atom. The summed E-state index contributed by atoms with van der Waals surface area (Å²) in [7, 11) is 0. The van der Waals surface area contributed by atoms with E-state index in [1.807, 2.05) is 12.1 Å². The van der Waals surface area contributed by atoms with E-state index in [0.717, 1.165) is 10.9 Å². The van der Waals surface area contributed by atoms with Gasteiger partial charge in [0.15, 0.2) is 6.29 Å². The molecule has 0 saturated carbocycles. The predicted molar refractivity (Wildman–Crippen MR) is 67.1 cm³/mol. The van der Waals surface area contributed by atoms with Gasteiger partial charge in [-0.25, -0.2) is 0 Å². The zero-order chi connectivity index (χ0) is 12.5. The maximum Gasteiger partial charge on any atom is 0.265 e. The second kappa shape index (κ2) is 3.96. The van der Waals surface area contributed by atoms with Crippen molar-refractivity contribution in [2.45, 2.75) is 0 Å². The van der Waals surface area contributed by atoms with Crippen molar-refractivity contribution in [1.82, 2.24) is 14.8 Å². The van der Waals surface area contributed by atoms with Crippen molar-refractivity contribution in [3.8, 4) is 5.69 Å². The van der Waals surface area contributed by atoms with E-state index in [9.17, 15) is 9.59 Å². The van der Waals surface area contributed by atoms with Crippen molar-refractivity contribution in [1.29, 1.82) is 0 Å². The van der Waals surface area contributed by atoms with Gasteiger partial charge in [-0.05, 0) is 30.3 Å². The summed E-state index contributed by atoms with van der Waals surface area (Å²) >= 11 is 0. The molecule has 88 valence electrons. The highest BCUT2D eigenvalue weighted by Crippen LogP contribution is 2.15. The monoisotopic (exact) mass is 239 g/mol. The molecule has 1 aromatic carbocycles. The molecule has 0 aliphatic carbocycles. The molecule has 0 aliphatic heterocycles. The lowest BCUT2D eigenvalue weighted by atomic mass is 10.2. The Labute approximate surface area is 102 Å². The zero-order valence-electron chi connectivity index (χ0n) is 9.33. The first-order chi connectivity index (χ1) is 8.79. The summed E-state index contributed by atoms with van der Waals surface area (Å²) in [5, 5.41) is 7.68. The number of nitrogens with zero attached hydrogens (tertiary/aromatic N) is 2. The summed E-state index contributed by atoms with van der Waals surface area (Å²) in [6, 6.07) is 8.66. The second-order valence-electron chi connectivity index (χ2n) is 3.90. The minimum atomic E-state index is -0.324. The Hall–Kier alpha value is -2.69. The van der Waals surface area contributed by atoms with Crippen molar-refractivity contribution >= 4 is 17.2 Å². The van der Waals surface area contributed by atoms with E-state index in [0.29, 0.717) is 12.0 Å². The first-order valence-electron chi connectivity index (χ1n) is 5.40. The molecule has 1 N–H and O–H groups in total. The van der Waals surface area contributed by atoms with Crippen LogP contribution in [0.5, 0.6) is 0 Å². The quantitative estimate of drug-likeness (QED) is 0.689. The normalized spacial score (nSPS) is 10.7. The van der Waals surface area contributed by atoms with E-state index in [1.165, 1.54) is 10.6 Å². The molecular weight excluding hydrogens is 230 g/mol. The molecule has 0 bridgehead atoms. The van der Waals surface area contributed by atoms with Crippen molar-refractivity contribution in [3.63, 3.8) is 0 Å². The maximum atomic E-state index is 12.0. The number of hydrogen-bond donors (Lipinski definition) is 1. The van der Waals surface area contributed by atoms with Crippen LogP contribution in [0, 0.1) is 0 Å². The Morgan fingerprint density at radius 2 is 2.17 bits per heavy atom. The van der Waals surface area contributed by atoms with E-state index in [1.54, 1.807) is 24.5 Å². The average molecular weight is 239 g/mol. The number of rotatable bonds is 2. The topological polar surface area (TPSA) is 67.8 Å². The van der Waals surface area contributed by atoms with Gasteiger partial charge in [0.2, 0.25) is 0 Å². The van der Waals surface area contributed by atoms with Gasteiger partial charge in [-0.1, -0.05) is 0 Å². The van der Waals surface area contributed by atoms with Crippen LogP contribution in [0.15, 0.2) is 47.5 Å². The van der Waals surface area contributed by atoms with Crippen LogP contribution in [-0.4, -0.2) is 21.1 Å². The number of benzene rings is 1. The molecule has 3 aromatic rings. The fraction of sp³-hybridized carbons (Fsp3) is 0. The third-order valence-electron chi connectivity index (χ3n) is 2.81. The molecule has 0 aliphatic rings. The Kier molecular flexibility index (Phi) is 2.30. The van der Waals surface area contributed by atoms with E-state index in [-0.39, 0.29) is 11.1 Å². The number of carbonyl (C=O) groups excluding carboxylic acids is 1. The number of aromatic nitrogens is 3. The fourth-order valence-corrected chi connectivity index (χ4v) is 1.88. The summed E-state index contributed by atoms with van der Waals surface area (Å²) in [5.41, 5.74) is 1.43. The predicted octanol–water partition coefficient (Wildman–Crippen LogP) is 1.53. The number of fused-ring (bicyclic) bond motifs is 1. The summed E-state index contributed by atoms with van der Waals surface area (Å²) in [5.74, 6) is 0. The van der Waals surface area contributed by atoms with Crippen molar-refractivity contribution in [2.75, 3.05) is 0 Å². The van der Waals surface area contributed by atoms with Gasteiger partial charge >= 0.3 is 0 Å². The van der Waals surface area contributed by atoms with Gasteiger partial charge in [0, 0.05) is 17.3 Å². The van der Waals surface area contributed by atoms with Crippen LogP contribution < -0.4 is 5.56 Å². The number of carbonyl (C=O) groups is 1.